The number of methoxy groups -OCH3 is 1. The lowest BCUT2D eigenvalue weighted by atomic mass is 10.1. The van der Waals surface area contributed by atoms with Crippen LogP contribution in [0.4, 0.5) is 0 Å². The van der Waals surface area contributed by atoms with Crippen LogP contribution in [0.1, 0.15) is 48.6 Å². The van der Waals surface area contributed by atoms with Gasteiger partial charge in [-0.3, -0.25) is 0 Å². The number of aromatic nitrogens is 3. The molecule has 0 N–H and O–H groups in total. The monoisotopic (exact) mass is 353 g/mol. The summed E-state index contributed by atoms with van der Waals surface area (Å²) >= 11 is 0. The van der Waals surface area contributed by atoms with Gasteiger partial charge in [0.25, 0.3) is 0 Å². The smallest absolute Gasteiger partial charge is 0.357 e. The van der Waals surface area contributed by atoms with E-state index in [9.17, 15) is 4.79 Å². The summed E-state index contributed by atoms with van der Waals surface area (Å²) in [6.07, 6.45) is 0. The van der Waals surface area contributed by atoms with E-state index in [-0.39, 0.29) is 5.92 Å². The van der Waals surface area contributed by atoms with Crippen molar-refractivity contribution in [3.05, 3.63) is 47.4 Å². The van der Waals surface area contributed by atoms with Crippen LogP contribution in [0, 0.1) is 6.92 Å². The van der Waals surface area contributed by atoms with Crippen LogP contribution < -0.4 is 4.74 Å². The zero-order chi connectivity index (χ0) is 18.8. The summed E-state index contributed by atoms with van der Waals surface area (Å²) in [5, 5.41) is 4.67. The Balaban J connectivity index is 2.29. The van der Waals surface area contributed by atoms with E-state index in [1.165, 1.54) is 0 Å². The van der Waals surface area contributed by atoms with Crippen molar-refractivity contribution in [3.8, 4) is 16.9 Å². The Hall–Kier alpha value is -2.89. The van der Waals surface area contributed by atoms with Crippen LogP contribution >= 0.6 is 0 Å². The highest BCUT2D eigenvalue weighted by Crippen LogP contribution is 2.31. The average Bonchev–Trinajstić information content (AvgIpc) is 2.96. The van der Waals surface area contributed by atoms with E-state index >= 15 is 0 Å². The van der Waals surface area contributed by atoms with Gasteiger partial charge in [0, 0.05) is 11.3 Å². The zero-order valence-corrected chi connectivity index (χ0v) is 15.7. The van der Waals surface area contributed by atoms with Crippen molar-refractivity contribution < 1.29 is 14.3 Å². The Morgan fingerprint density at radius 3 is 2.69 bits per heavy atom. The first-order chi connectivity index (χ1) is 12.5. The minimum atomic E-state index is -0.424. The number of nitrogens with zero attached hydrogens (tertiary/aromatic N) is 3. The number of fused-ring (bicyclic) bond motifs is 1. The van der Waals surface area contributed by atoms with Gasteiger partial charge in [-0.2, -0.15) is 5.10 Å². The van der Waals surface area contributed by atoms with Crippen molar-refractivity contribution in [3.63, 3.8) is 0 Å². The highest BCUT2D eigenvalue weighted by Gasteiger charge is 2.21. The molecule has 3 rings (SSSR count). The Labute approximate surface area is 152 Å². The first-order valence-corrected chi connectivity index (χ1v) is 8.68. The quantitative estimate of drug-likeness (QED) is 0.648. The number of rotatable bonds is 5. The van der Waals surface area contributed by atoms with Gasteiger partial charge in [-0.15, -0.1) is 0 Å². The number of carbonyl (C=O) groups excluding carboxylic acids is 1. The molecular formula is C20H23N3O3. The van der Waals surface area contributed by atoms with Crippen LogP contribution in [0.3, 0.4) is 0 Å². The Morgan fingerprint density at radius 1 is 1.27 bits per heavy atom. The van der Waals surface area contributed by atoms with E-state index in [0.29, 0.717) is 17.9 Å². The average molecular weight is 353 g/mol. The highest BCUT2D eigenvalue weighted by atomic mass is 16.5. The Kier molecular flexibility index (Phi) is 4.93. The molecule has 0 atom stereocenters. The van der Waals surface area contributed by atoms with Crippen molar-refractivity contribution >= 4 is 11.6 Å². The number of ether oxygens (including phenoxy) is 2. The molecule has 0 unspecified atom stereocenters. The van der Waals surface area contributed by atoms with E-state index in [4.69, 9.17) is 9.47 Å². The molecule has 0 spiro atoms. The molecule has 2 heterocycles. The zero-order valence-electron chi connectivity index (χ0n) is 15.7. The molecular weight excluding hydrogens is 330 g/mol. The van der Waals surface area contributed by atoms with Crippen molar-refractivity contribution in [1.82, 2.24) is 14.6 Å². The molecule has 3 aromatic rings. The Bertz CT molecular complexity index is 960. The van der Waals surface area contributed by atoms with Crippen molar-refractivity contribution in [2.75, 3.05) is 13.7 Å². The number of hydrogen-bond acceptors (Lipinski definition) is 5. The summed E-state index contributed by atoms with van der Waals surface area (Å²) in [7, 11) is 1.63. The van der Waals surface area contributed by atoms with E-state index in [2.05, 4.69) is 23.9 Å². The second-order valence-corrected chi connectivity index (χ2v) is 6.37. The third-order valence-corrected chi connectivity index (χ3v) is 4.23. The topological polar surface area (TPSA) is 65.7 Å². The van der Waals surface area contributed by atoms with Crippen LogP contribution in [-0.4, -0.2) is 34.3 Å². The number of hydrogen-bond donors (Lipinski definition) is 0. The van der Waals surface area contributed by atoms with Crippen LogP contribution in [-0.2, 0) is 4.74 Å². The SMILES string of the molecule is CCOC(=O)c1cc(C(C)C)n2nc(C)c(-c3cccc(OC)c3)c2n1. The third-order valence-electron chi connectivity index (χ3n) is 4.23. The van der Waals surface area contributed by atoms with Gasteiger partial charge < -0.3 is 9.47 Å². The lowest BCUT2D eigenvalue weighted by Gasteiger charge is -2.11. The molecule has 0 saturated carbocycles. The molecule has 26 heavy (non-hydrogen) atoms. The molecule has 6 heteroatoms. The molecule has 0 fully saturated rings. The molecule has 136 valence electrons. The molecule has 0 bridgehead atoms. The number of esters is 1. The predicted molar refractivity (Wildman–Crippen MR) is 99.8 cm³/mol. The third kappa shape index (κ3) is 3.14. The predicted octanol–water partition coefficient (Wildman–Crippen LogP) is 4.01. The van der Waals surface area contributed by atoms with Gasteiger partial charge >= 0.3 is 5.97 Å². The lowest BCUT2D eigenvalue weighted by molar-refractivity contribution is 0.0519. The number of aryl methyl sites for hydroxylation is 1. The van der Waals surface area contributed by atoms with Crippen LogP contribution in [0.2, 0.25) is 0 Å². The van der Waals surface area contributed by atoms with Gasteiger partial charge in [0.15, 0.2) is 11.3 Å². The van der Waals surface area contributed by atoms with Gasteiger partial charge in [0.1, 0.15) is 5.75 Å². The molecule has 0 aliphatic carbocycles. The molecule has 2 aromatic heterocycles. The second kappa shape index (κ2) is 7.15. The summed E-state index contributed by atoms with van der Waals surface area (Å²) in [5.41, 5.74) is 4.53. The van der Waals surface area contributed by atoms with E-state index < -0.39 is 5.97 Å². The maximum absolute atomic E-state index is 12.3. The fraction of sp³-hybridized carbons (Fsp3) is 0.350. The van der Waals surface area contributed by atoms with Gasteiger partial charge in [-0.25, -0.2) is 14.3 Å². The van der Waals surface area contributed by atoms with E-state index in [1.54, 1.807) is 20.1 Å². The molecule has 0 aliphatic rings. The molecule has 6 nitrogen and oxygen atoms in total. The van der Waals surface area contributed by atoms with Crippen molar-refractivity contribution in [2.45, 2.75) is 33.6 Å². The van der Waals surface area contributed by atoms with Gasteiger partial charge in [0.05, 0.1) is 19.4 Å². The van der Waals surface area contributed by atoms with Gasteiger partial charge in [-0.05, 0) is 43.5 Å². The minimum absolute atomic E-state index is 0.172. The fourth-order valence-electron chi connectivity index (χ4n) is 2.98. The first-order valence-electron chi connectivity index (χ1n) is 8.68. The number of benzene rings is 1. The molecule has 0 radical (unpaired) electrons. The molecule has 0 amide bonds. The largest absolute Gasteiger partial charge is 0.497 e. The maximum Gasteiger partial charge on any atom is 0.357 e. The fourth-order valence-corrected chi connectivity index (χ4v) is 2.98. The normalized spacial score (nSPS) is 11.2. The number of carbonyl (C=O) groups is 1. The van der Waals surface area contributed by atoms with Crippen LogP contribution in [0.15, 0.2) is 30.3 Å². The van der Waals surface area contributed by atoms with Gasteiger partial charge in [0.2, 0.25) is 0 Å². The molecule has 0 saturated heterocycles. The van der Waals surface area contributed by atoms with Gasteiger partial charge in [-0.1, -0.05) is 26.0 Å². The van der Waals surface area contributed by atoms with E-state index in [0.717, 1.165) is 28.3 Å². The first kappa shape index (κ1) is 17.9. The summed E-state index contributed by atoms with van der Waals surface area (Å²) < 4.78 is 12.3. The van der Waals surface area contributed by atoms with Crippen molar-refractivity contribution in [1.29, 1.82) is 0 Å². The Morgan fingerprint density at radius 2 is 2.04 bits per heavy atom. The standard InChI is InChI=1S/C20H23N3O3/c1-6-26-20(24)16-11-17(12(2)3)23-19(21-16)18(13(4)22-23)14-8-7-9-15(10-14)25-5/h7-12H,6H2,1-5H3. The summed E-state index contributed by atoms with van der Waals surface area (Å²) in [6, 6.07) is 9.51. The maximum atomic E-state index is 12.3. The van der Waals surface area contributed by atoms with Crippen LogP contribution in [0.5, 0.6) is 5.75 Å². The highest BCUT2D eigenvalue weighted by molar-refractivity contribution is 5.89. The summed E-state index contributed by atoms with van der Waals surface area (Å²) in [4.78, 5) is 16.9. The summed E-state index contributed by atoms with van der Waals surface area (Å²) in [5.74, 6) is 0.505. The second-order valence-electron chi connectivity index (χ2n) is 6.37. The van der Waals surface area contributed by atoms with Crippen LogP contribution in [0.25, 0.3) is 16.8 Å². The van der Waals surface area contributed by atoms with Crippen molar-refractivity contribution in [2.24, 2.45) is 0 Å². The summed E-state index contributed by atoms with van der Waals surface area (Å²) in [6.45, 7) is 8.16. The minimum Gasteiger partial charge on any atom is -0.497 e. The lowest BCUT2D eigenvalue weighted by Crippen LogP contribution is -2.12. The molecule has 0 aliphatic heterocycles. The molecule has 1 aromatic carbocycles. The van der Waals surface area contributed by atoms with E-state index in [1.807, 2.05) is 35.7 Å².